The third-order valence-corrected chi connectivity index (χ3v) is 13.8. The van der Waals surface area contributed by atoms with E-state index in [1.807, 2.05) is 27.2 Å². The summed E-state index contributed by atoms with van der Waals surface area (Å²) in [6, 6.07) is -0.920. The quantitative estimate of drug-likeness (QED) is 0.0272. The number of nitrogens with zero attached hydrogens (tertiary/aromatic N) is 1. The number of aliphatic hydroxyl groups excluding tert-OH is 1. The first-order chi connectivity index (χ1) is 37.0. The van der Waals surface area contributed by atoms with Crippen LogP contribution in [0.1, 0.15) is 232 Å². The molecule has 2 N–H and O–H groups in total. The Kier molecular flexibility index (Phi) is 53.9. The zero-order valence-corrected chi connectivity index (χ0v) is 50.3. The molecule has 3 atom stereocenters. The number of aliphatic hydroxyl groups is 1. The molecular formula is C67H115N2O6P. The van der Waals surface area contributed by atoms with E-state index in [-0.39, 0.29) is 12.5 Å². The van der Waals surface area contributed by atoms with Gasteiger partial charge in [-0.25, -0.2) is 0 Å². The summed E-state index contributed by atoms with van der Waals surface area (Å²) in [5.41, 5.74) is 0. The zero-order valence-electron chi connectivity index (χ0n) is 49.4. The van der Waals surface area contributed by atoms with E-state index >= 15 is 0 Å². The normalized spacial score (nSPS) is 14.8. The Bertz CT molecular complexity index is 1700. The number of carbonyl (C=O) groups is 1. The van der Waals surface area contributed by atoms with Crippen molar-refractivity contribution in [3.8, 4) is 0 Å². The van der Waals surface area contributed by atoms with Crippen molar-refractivity contribution in [2.75, 3.05) is 40.9 Å². The predicted molar refractivity (Wildman–Crippen MR) is 329 cm³/mol. The van der Waals surface area contributed by atoms with Gasteiger partial charge in [0.05, 0.1) is 39.9 Å². The highest BCUT2D eigenvalue weighted by Crippen LogP contribution is 2.38. The number of phosphoric acid groups is 1. The van der Waals surface area contributed by atoms with E-state index < -0.39 is 26.6 Å². The van der Waals surface area contributed by atoms with Crippen molar-refractivity contribution >= 4 is 13.7 Å². The van der Waals surface area contributed by atoms with Crippen LogP contribution in [0.15, 0.2) is 134 Å². The molecule has 3 unspecified atom stereocenters. The smallest absolute Gasteiger partial charge is 0.268 e. The minimum Gasteiger partial charge on any atom is -0.756 e. The molecule has 0 aromatic heterocycles. The number of hydrogen-bond donors (Lipinski definition) is 2. The van der Waals surface area contributed by atoms with Crippen LogP contribution in [-0.4, -0.2) is 68.5 Å². The Morgan fingerprint density at radius 1 is 0.474 bits per heavy atom. The monoisotopic (exact) mass is 1070 g/mol. The van der Waals surface area contributed by atoms with E-state index in [1.54, 1.807) is 6.08 Å². The van der Waals surface area contributed by atoms with Gasteiger partial charge in [-0.2, -0.15) is 0 Å². The van der Waals surface area contributed by atoms with Gasteiger partial charge < -0.3 is 28.8 Å². The number of phosphoric ester groups is 1. The Morgan fingerprint density at radius 3 is 1.22 bits per heavy atom. The molecule has 0 spiro atoms. The molecule has 0 aliphatic carbocycles. The van der Waals surface area contributed by atoms with Gasteiger partial charge >= 0.3 is 0 Å². The second kappa shape index (κ2) is 56.4. The van der Waals surface area contributed by atoms with E-state index in [0.717, 1.165) is 109 Å². The molecule has 1 amide bonds. The molecule has 434 valence electrons. The van der Waals surface area contributed by atoms with Crippen molar-refractivity contribution in [3.63, 3.8) is 0 Å². The second-order valence-corrected chi connectivity index (χ2v) is 22.7. The minimum absolute atomic E-state index is 0.0156. The van der Waals surface area contributed by atoms with Gasteiger partial charge in [-0.1, -0.05) is 257 Å². The first-order valence-electron chi connectivity index (χ1n) is 30.5. The summed E-state index contributed by atoms with van der Waals surface area (Å²) in [4.78, 5) is 25.5. The lowest BCUT2D eigenvalue weighted by molar-refractivity contribution is -0.870. The first kappa shape index (κ1) is 72.6. The van der Waals surface area contributed by atoms with Gasteiger partial charge in [0.25, 0.3) is 7.82 Å². The van der Waals surface area contributed by atoms with Gasteiger partial charge in [0.15, 0.2) is 0 Å². The summed E-state index contributed by atoms with van der Waals surface area (Å²) in [5.74, 6) is -0.223. The number of allylic oxidation sites excluding steroid dienone is 21. The molecule has 9 heteroatoms. The third kappa shape index (κ3) is 58.3. The number of quaternary nitrogens is 1. The van der Waals surface area contributed by atoms with Crippen LogP contribution in [0.5, 0.6) is 0 Å². The fourth-order valence-corrected chi connectivity index (χ4v) is 8.83. The Hall–Kier alpha value is -3.36. The predicted octanol–water partition coefficient (Wildman–Crippen LogP) is 18.5. The number of carbonyl (C=O) groups excluding carboxylic acids is 1. The summed E-state index contributed by atoms with van der Waals surface area (Å²) in [6.45, 7) is 4.50. The van der Waals surface area contributed by atoms with Gasteiger partial charge in [-0.15, -0.1) is 0 Å². The van der Waals surface area contributed by atoms with Crippen molar-refractivity contribution in [2.45, 2.75) is 244 Å². The van der Waals surface area contributed by atoms with Crippen molar-refractivity contribution in [1.29, 1.82) is 0 Å². The van der Waals surface area contributed by atoms with Gasteiger partial charge in [-0.3, -0.25) is 9.36 Å². The first-order valence-corrected chi connectivity index (χ1v) is 32.0. The number of unbranched alkanes of at least 4 members (excludes halogenated alkanes) is 21. The maximum absolute atomic E-state index is 13.0. The lowest BCUT2D eigenvalue weighted by Gasteiger charge is -2.29. The number of likely N-dealkylation sites (N-methyl/N-ethyl adjacent to an activating group) is 1. The Balaban J connectivity index is 4.26. The Morgan fingerprint density at radius 2 is 0.816 bits per heavy atom. The molecule has 0 aliphatic rings. The summed E-state index contributed by atoms with van der Waals surface area (Å²) >= 11 is 0. The van der Waals surface area contributed by atoms with E-state index in [9.17, 15) is 19.4 Å². The summed E-state index contributed by atoms with van der Waals surface area (Å²) < 4.78 is 23.3. The van der Waals surface area contributed by atoms with E-state index in [2.05, 4.69) is 141 Å². The largest absolute Gasteiger partial charge is 0.756 e. The van der Waals surface area contributed by atoms with Crippen LogP contribution < -0.4 is 10.2 Å². The molecule has 0 fully saturated rings. The third-order valence-electron chi connectivity index (χ3n) is 12.8. The molecule has 0 saturated heterocycles. The average molecular weight is 1080 g/mol. The molecule has 0 aliphatic heterocycles. The summed E-state index contributed by atoms with van der Waals surface area (Å²) in [5, 5.41) is 13.9. The number of amides is 1. The highest BCUT2D eigenvalue weighted by Gasteiger charge is 2.23. The number of rotatable bonds is 54. The van der Waals surface area contributed by atoms with Crippen molar-refractivity contribution in [2.24, 2.45) is 0 Å². The molecule has 0 bridgehead atoms. The van der Waals surface area contributed by atoms with E-state index in [0.29, 0.717) is 17.4 Å². The van der Waals surface area contributed by atoms with Crippen LogP contribution in [0.25, 0.3) is 0 Å². The van der Waals surface area contributed by atoms with Crippen molar-refractivity contribution in [1.82, 2.24) is 5.32 Å². The standard InChI is InChI=1S/C67H115N2O6P/c1-6-8-10-12-14-16-18-20-22-24-26-27-28-29-30-31-32-33-34-35-36-37-38-39-40-41-43-45-47-49-51-53-55-57-59-61-67(71)68-65(64-75-76(72,73)74-63-62-69(3,4)5)66(70)60-58-56-54-52-50-48-46-44-42-25-23-21-19-17-15-13-11-9-7-2/h8,10,14,16,20,22,26-27,29-30,32-33,35-36,38-39,41,43,50,52,58,60,65-66,70H,6-7,9,11-13,15,17-19,21,23-25,28,31,34,37,40,42,44-49,51,53-57,59,61-64H2,1-5H3,(H-,68,71,72,73)/b10-8-,16-14-,22-20-,27-26-,30-29-,33-32-,36-35-,39-38-,43-41-,52-50+,60-58+. The SMILES string of the molecule is CC/C=C\C/C=C\C/C=C\C/C=C\C/C=C\C/C=C\C/C=C\C/C=C\C/C=C\CCCCCCCCCC(=O)NC(COP(=O)([O-])OCC[N+](C)(C)C)C(O)/C=C/CC/C=C/CCCCCCCCCCCCCCC. The lowest BCUT2D eigenvalue weighted by atomic mass is 10.0. The van der Waals surface area contributed by atoms with Gasteiger partial charge in [-0.05, 0) is 103 Å². The summed E-state index contributed by atoms with van der Waals surface area (Å²) in [7, 11) is 1.22. The topological polar surface area (TPSA) is 108 Å². The molecule has 76 heavy (non-hydrogen) atoms. The fraction of sp³-hybridized carbons (Fsp3) is 0.657. The second-order valence-electron chi connectivity index (χ2n) is 21.3. The highest BCUT2D eigenvalue weighted by molar-refractivity contribution is 7.45. The molecule has 0 heterocycles. The number of hydrogen-bond acceptors (Lipinski definition) is 6. The fourth-order valence-electron chi connectivity index (χ4n) is 8.10. The van der Waals surface area contributed by atoms with E-state index in [4.69, 9.17) is 9.05 Å². The van der Waals surface area contributed by atoms with Crippen molar-refractivity contribution in [3.05, 3.63) is 134 Å². The van der Waals surface area contributed by atoms with Crippen LogP contribution in [0.4, 0.5) is 0 Å². The zero-order chi connectivity index (χ0) is 55.6. The lowest BCUT2D eigenvalue weighted by Crippen LogP contribution is -2.45. The molecule has 0 saturated carbocycles. The van der Waals surface area contributed by atoms with Gasteiger partial charge in [0.2, 0.25) is 5.91 Å². The van der Waals surface area contributed by atoms with Crippen LogP contribution >= 0.6 is 7.82 Å². The van der Waals surface area contributed by atoms with Crippen molar-refractivity contribution < 1.29 is 32.9 Å². The summed E-state index contributed by atoms with van der Waals surface area (Å²) in [6.07, 6.45) is 85.3. The highest BCUT2D eigenvalue weighted by atomic mass is 31.2. The number of nitrogens with one attached hydrogen (secondary N) is 1. The van der Waals surface area contributed by atoms with Crippen LogP contribution in [-0.2, 0) is 18.4 Å². The molecule has 0 radical (unpaired) electrons. The van der Waals surface area contributed by atoms with Gasteiger partial charge in [0.1, 0.15) is 13.2 Å². The van der Waals surface area contributed by atoms with Crippen LogP contribution in [0.2, 0.25) is 0 Å². The molecular weight excluding hydrogens is 960 g/mol. The molecule has 0 rings (SSSR count). The molecule has 0 aromatic carbocycles. The van der Waals surface area contributed by atoms with Crippen LogP contribution in [0.3, 0.4) is 0 Å². The van der Waals surface area contributed by atoms with Crippen LogP contribution in [0, 0.1) is 0 Å². The maximum Gasteiger partial charge on any atom is 0.268 e. The Labute approximate surface area is 468 Å². The molecule has 0 aromatic rings. The minimum atomic E-state index is -4.62. The molecule has 8 nitrogen and oxygen atoms in total. The van der Waals surface area contributed by atoms with E-state index in [1.165, 1.54) is 103 Å². The van der Waals surface area contributed by atoms with Gasteiger partial charge in [0, 0.05) is 6.42 Å². The average Bonchev–Trinajstić information content (AvgIpc) is 3.38. The maximum atomic E-state index is 13.0.